The highest BCUT2D eigenvalue weighted by Crippen LogP contribution is 2.42. The van der Waals surface area contributed by atoms with E-state index in [1.807, 2.05) is 0 Å². The molecule has 0 spiro atoms. The molecule has 0 fully saturated rings. The van der Waals surface area contributed by atoms with Gasteiger partial charge in [0.2, 0.25) is 0 Å². The van der Waals surface area contributed by atoms with Gasteiger partial charge >= 0.3 is 0 Å². The Morgan fingerprint density at radius 2 is 0.778 bits per heavy atom. The molecule has 0 amide bonds. The van der Waals surface area contributed by atoms with Crippen LogP contribution in [0.2, 0.25) is 0 Å². The van der Waals surface area contributed by atoms with Gasteiger partial charge in [-0.25, -0.2) is 0 Å². The van der Waals surface area contributed by atoms with Crippen molar-refractivity contribution in [1.82, 2.24) is 0 Å². The van der Waals surface area contributed by atoms with Crippen molar-refractivity contribution in [3.05, 3.63) is 0 Å². The van der Waals surface area contributed by atoms with Crippen LogP contribution >= 0.6 is 21.6 Å². The second-order valence-corrected chi connectivity index (χ2v) is 7.99. The first-order valence-corrected chi connectivity index (χ1v) is 10.3. The van der Waals surface area contributed by atoms with Crippen LogP contribution in [0.4, 0.5) is 0 Å². The van der Waals surface area contributed by atoms with Crippen LogP contribution in [-0.2, 0) is 0 Å². The lowest BCUT2D eigenvalue weighted by Gasteiger charge is -2.28. The minimum Gasteiger partial charge on any atom is -0.0902 e. The van der Waals surface area contributed by atoms with Gasteiger partial charge in [-0.3, -0.25) is 0 Å². The second-order valence-electron chi connectivity index (χ2n) is 5.24. The van der Waals surface area contributed by atoms with Gasteiger partial charge in [0.15, 0.2) is 0 Å². The smallest absolute Gasteiger partial charge is 0.0177 e. The van der Waals surface area contributed by atoms with Crippen molar-refractivity contribution in [1.29, 1.82) is 0 Å². The van der Waals surface area contributed by atoms with E-state index in [0.29, 0.717) is 0 Å². The van der Waals surface area contributed by atoms with Crippen LogP contribution in [0.1, 0.15) is 80.1 Å². The molecule has 110 valence electrons. The molecule has 0 saturated carbocycles. The first-order valence-electron chi connectivity index (χ1n) is 8.00. The fourth-order valence-corrected chi connectivity index (χ4v) is 6.99. The second kappa shape index (κ2) is 11.5. The van der Waals surface area contributed by atoms with E-state index in [2.05, 4.69) is 63.1 Å². The van der Waals surface area contributed by atoms with Gasteiger partial charge < -0.3 is 0 Å². The van der Waals surface area contributed by atoms with E-state index in [1.54, 1.807) is 0 Å². The van der Waals surface area contributed by atoms with Crippen molar-refractivity contribution in [3.63, 3.8) is 0 Å². The van der Waals surface area contributed by atoms with E-state index in [0.717, 1.165) is 22.3 Å². The molecule has 0 aliphatic heterocycles. The van der Waals surface area contributed by atoms with Gasteiger partial charge in [-0.2, -0.15) is 0 Å². The average molecular weight is 291 g/mol. The van der Waals surface area contributed by atoms with Gasteiger partial charge in [0.1, 0.15) is 0 Å². The molecule has 0 radical (unpaired) electrons. The van der Waals surface area contributed by atoms with E-state index in [4.69, 9.17) is 0 Å². The van der Waals surface area contributed by atoms with Gasteiger partial charge in [0.25, 0.3) is 0 Å². The highest BCUT2D eigenvalue weighted by Gasteiger charge is 2.22. The third-order valence-electron chi connectivity index (χ3n) is 4.26. The maximum absolute atomic E-state index is 2.36. The van der Waals surface area contributed by atoms with Gasteiger partial charge in [-0.15, -0.1) is 0 Å². The molecule has 0 rings (SSSR count). The lowest BCUT2D eigenvalue weighted by Crippen LogP contribution is -2.18. The topological polar surface area (TPSA) is 0 Å². The van der Waals surface area contributed by atoms with E-state index >= 15 is 0 Å². The summed E-state index contributed by atoms with van der Waals surface area (Å²) in [5.74, 6) is 1.82. The zero-order chi connectivity index (χ0) is 14.0. The molecule has 2 unspecified atom stereocenters. The Morgan fingerprint density at radius 3 is 0.944 bits per heavy atom. The molecule has 0 aromatic rings. The summed E-state index contributed by atoms with van der Waals surface area (Å²) in [7, 11) is 4.37. The highest BCUT2D eigenvalue weighted by molar-refractivity contribution is 8.77. The third kappa shape index (κ3) is 6.23. The fourth-order valence-electron chi connectivity index (χ4n) is 2.73. The Kier molecular flexibility index (Phi) is 12.0. The van der Waals surface area contributed by atoms with E-state index in [-0.39, 0.29) is 0 Å². The summed E-state index contributed by atoms with van der Waals surface area (Å²) in [5, 5.41) is 1.71. The molecule has 0 aromatic heterocycles. The van der Waals surface area contributed by atoms with Gasteiger partial charge in [0, 0.05) is 10.5 Å². The van der Waals surface area contributed by atoms with Crippen LogP contribution in [0, 0.1) is 11.8 Å². The summed E-state index contributed by atoms with van der Waals surface area (Å²) in [4.78, 5) is 0. The fraction of sp³-hybridized carbons (Fsp3) is 1.00. The summed E-state index contributed by atoms with van der Waals surface area (Å²) < 4.78 is 0. The van der Waals surface area contributed by atoms with Crippen LogP contribution in [0.15, 0.2) is 0 Å². The maximum Gasteiger partial charge on any atom is 0.0177 e. The zero-order valence-electron chi connectivity index (χ0n) is 13.4. The zero-order valence-corrected chi connectivity index (χ0v) is 15.0. The largest absolute Gasteiger partial charge is 0.0902 e. The Hall–Kier alpha value is 0.700. The number of hydrogen-bond acceptors (Lipinski definition) is 2. The first-order chi connectivity index (χ1) is 8.68. The van der Waals surface area contributed by atoms with Crippen molar-refractivity contribution in [2.75, 3.05) is 0 Å². The molecule has 18 heavy (non-hydrogen) atoms. The SMILES string of the molecule is CCC(CC)C(CC)SSC(CC)C(CC)CC. The first kappa shape index (κ1) is 18.7. The maximum atomic E-state index is 2.36. The molecule has 0 heterocycles. The lowest BCUT2D eigenvalue weighted by atomic mass is 9.97. The summed E-state index contributed by atoms with van der Waals surface area (Å²) >= 11 is 0. The van der Waals surface area contributed by atoms with Crippen molar-refractivity contribution in [3.8, 4) is 0 Å². The standard InChI is InChI=1S/C16H34S2/c1-7-13(8-2)15(11-5)17-18-16(12-6)14(9-3)10-4/h13-16H,7-12H2,1-6H3. The van der Waals surface area contributed by atoms with Gasteiger partial charge in [-0.05, 0) is 24.7 Å². The van der Waals surface area contributed by atoms with Crippen molar-refractivity contribution in [2.24, 2.45) is 11.8 Å². The Balaban J connectivity index is 4.30. The number of rotatable bonds is 11. The van der Waals surface area contributed by atoms with Crippen LogP contribution in [0.3, 0.4) is 0 Å². The highest BCUT2D eigenvalue weighted by atomic mass is 33.1. The predicted octanol–water partition coefficient (Wildman–Crippen LogP) is 6.80. The molecule has 2 atom stereocenters. The van der Waals surface area contributed by atoms with Crippen LogP contribution in [0.5, 0.6) is 0 Å². The Morgan fingerprint density at radius 1 is 0.500 bits per heavy atom. The minimum absolute atomic E-state index is 0.855. The third-order valence-corrected chi connectivity index (χ3v) is 8.12. The van der Waals surface area contributed by atoms with Crippen molar-refractivity contribution < 1.29 is 0 Å². The summed E-state index contributed by atoms with van der Waals surface area (Å²) in [6.45, 7) is 14.1. The van der Waals surface area contributed by atoms with Crippen molar-refractivity contribution in [2.45, 2.75) is 90.6 Å². The van der Waals surface area contributed by atoms with Crippen LogP contribution in [-0.4, -0.2) is 10.5 Å². The van der Waals surface area contributed by atoms with E-state index < -0.39 is 0 Å². The molecule has 0 aromatic carbocycles. The molecule has 0 nitrogen and oxygen atoms in total. The summed E-state index contributed by atoms with van der Waals surface area (Å²) in [6, 6.07) is 0. The molecule has 2 heteroatoms. The van der Waals surface area contributed by atoms with E-state index in [9.17, 15) is 0 Å². The number of hydrogen-bond donors (Lipinski definition) is 0. The lowest BCUT2D eigenvalue weighted by molar-refractivity contribution is 0.462. The minimum atomic E-state index is 0.855. The molecular formula is C16H34S2. The average Bonchev–Trinajstić information content (AvgIpc) is 2.42. The van der Waals surface area contributed by atoms with E-state index in [1.165, 1.54) is 38.5 Å². The van der Waals surface area contributed by atoms with Gasteiger partial charge in [-0.1, -0.05) is 88.8 Å². The molecule has 0 aliphatic rings. The molecule has 0 saturated heterocycles. The van der Waals surface area contributed by atoms with Gasteiger partial charge in [0.05, 0.1) is 0 Å². The summed E-state index contributed by atoms with van der Waals surface area (Å²) in [5.41, 5.74) is 0. The Bertz CT molecular complexity index is 154. The predicted molar refractivity (Wildman–Crippen MR) is 91.5 cm³/mol. The molecular weight excluding hydrogens is 256 g/mol. The Labute approximate surface area is 124 Å². The van der Waals surface area contributed by atoms with Crippen LogP contribution in [0.25, 0.3) is 0 Å². The van der Waals surface area contributed by atoms with Crippen molar-refractivity contribution >= 4 is 21.6 Å². The quantitative estimate of drug-likeness (QED) is 0.384. The van der Waals surface area contributed by atoms with Crippen LogP contribution < -0.4 is 0 Å². The molecule has 0 aliphatic carbocycles. The monoisotopic (exact) mass is 290 g/mol. The molecule has 0 bridgehead atoms. The normalized spacial score (nSPS) is 15.3. The summed E-state index contributed by atoms with van der Waals surface area (Å²) in [6.07, 6.45) is 8.00. The molecule has 0 N–H and O–H groups in total.